The Morgan fingerprint density at radius 1 is 1.09 bits per heavy atom. The fourth-order valence-electron chi connectivity index (χ4n) is 5.18. The Kier molecular flexibility index (Phi) is 10.3. The third kappa shape index (κ3) is 6.73. The van der Waals surface area contributed by atoms with Gasteiger partial charge >= 0.3 is 6.09 Å². The second-order valence-corrected chi connectivity index (χ2v) is 13.4. The third-order valence-electron chi connectivity index (χ3n) is 6.92. The second-order valence-electron chi connectivity index (χ2n) is 11.4. The molecule has 0 N–H and O–H groups in total. The number of methoxy groups -OCH3 is 1. The molecule has 1 aliphatic heterocycles. The molecule has 12 nitrogen and oxygen atoms in total. The van der Waals surface area contributed by atoms with Gasteiger partial charge in [0.25, 0.3) is 0 Å². The van der Waals surface area contributed by atoms with Crippen LogP contribution in [0.4, 0.5) is 4.79 Å². The van der Waals surface area contributed by atoms with Gasteiger partial charge in [-0.15, -0.1) is 5.10 Å². The maximum atomic E-state index is 13.5. The lowest BCUT2D eigenvalue weighted by molar-refractivity contribution is 0.0152. The van der Waals surface area contributed by atoms with Crippen molar-refractivity contribution in [1.82, 2.24) is 39.0 Å². The van der Waals surface area contributed by atoms with Gasteiger partial charge in [0.05, 0.1) is 71.7 Å². The fraction of sp³-hybridized carbons (Fsp3) is 0.500. The van der Waals surface area contributed by atoms with E-state index in [9.17, 15) is 4.79 Å². The average molecular weight is 737 g/mol. The van der Waals surface area contributed by atoms with Crippen molar-refractivity contribution in [2.45, 2.75) is 73.6 Å². The van der Waals surface area contributed by atoms with E-state index in [4.69, 9.17) is 24.3 Å². The number of amides is 1. The van der Waals surface area contributed by atoms with Crippen molar-refractivity contribution in [3.05, 3.63) is 34.4 Å². The molecule has 44 heavy (non-hydrogen) atoms. The van der Waals surface area contributed by atoms with Gasteiger partial charge in [-0.2, -0.15) is 10.2 Å². The first-order valence-electron chi connectivity index (χ1n) is 14.5. The van der Waals surface area contributed by atoms with Crippen LogP contribution in [0.15, 0.2) is 6.07 Å². The molecule has 238 valence electrons. The van der Waals surface area contributed by atoms with Crippen LogP contribution in [0.25, 0.3) is 34.3 Å². The Labute approximate surface area is 273 Å². The predicted molar refractivity (Wildman–Crippen MR) is 184 cm³/mol. The Hall–Kier alpha value is -3.19. The van der Waals surface area contributed by atoms with E-state index in [1.165, 1.54) is 0 Å². The minimum atomic E-state index is -0.672. The summed E-state index contributed by atoms with van der Waals surface area (Å²) in [4.78, 5) is 20.1. The Morgan fingerprint density at radius 3 is 2.43 bits per heavy atom. The number of ether oxygens (including phenoxy) is 3. The first-order chi connectivity index (χ1) is 20.8. The molecule has 2 unspecified atom stereocenters. The van der Waals surface area contributed by atoms with Crippen LogP contribution in [0.3, 0.4) is 0 Å². The van der Waals surface area contributed by atoms with Gasteiger partial charge in [-0.25, -0.2) is 13.9 Å². The van der Waals surface area contributed by atoms with E-state index in [2.05, 4.69) is 38.3 Å². The SMILES string of the molecule is CC.COc1nn(C)c2c1/C=C/c1nn(PI)c3c(C)nc(cc13)-c1c(C)nn(C)c1OC(C)CN(C(=O)OC(C)(C)C)C2. The monoisotopic (exact) mass is 736 g/mol. The van der Waals surface area contributed by atoms with Crippen LogP contribution in [0.5, 0.6) is 11.8 Å². The number of aryl methyl sites for hydroxylation is 4. The van der Waals surface area contributed by atoms with Crippen LogP contribution in [-0.2, 0) is 25.4 Å². The van der Waals surface area contributed by atoms with E-state index in [0.717, 1.165) is 50.5 Å². The summed E-state index contributed by atoms with van der Waals surface area (Å²) < 4.78 is 23.4. The first kappa shape index (κ1) is 33.7. The van der Waals surface area contributed by atoms with Crippen molar-refractivity contribution >= 4 is 57.6 Å². The van der Waals surface area contributed by atoms with Crippen molar-refractivity contribution < 1.29 is 19.0 Å². The highest BCUT2D eigenvalue weighted by atomic mass is 127. The zero-order valence-corrected chi connectivity index (χ0v) is 30.5. The van der Waals surface area contributed by atoms with E-state index in [0.29, 0.717) is 18.1 Å². The molecule has 0 aliphatic carbocycles. The molecule has 0 saturated heterocycles. The number of fused-ring (bicyclic) bond motifs is 4. The topological polar surface area (TPSA) is 114 Å². The number of pyridine rings is 1. The van der Waals surface area contributed by atoms with E-state index in [1.54, 1.807) is 21.4 Å². The molecule has 0 saturated carbocycles. The van der Waals surface area contributed by atoms with E-state index < -0.39 is 17.8 Å². The summed E-state index contributed by atoms with van der Waals surface area (Å²) in [5.41, 5.74) is 5.84. The largest absolute Gasteiger partial charge is 0.480 e. The number of hydrogen-bond acceptors (Lipinski definition) is 8. The van der Waals surface area contributed by atoms with Crippen LogP contribution in [0, 0.1) is 13.8 Å². The van der Waals surface area contributed by atoms with Gasteiger partial charge in [0.1, 0.15) is 11.7 Å². The summed E-state index contributed by atoms with van der Waals surface area (Å²) in [6, 6.07) is 2.05. The molecule has 14 heteroatoms. The zero-order chi connectivity index (χ0) is 32.5. The molecule has 1 amide bonds. The Bertz CT molecular complexity index is 1700. The zero-order valence-electron chi connectivity index (χ0n) is 27.3. The summed E-state index contributed by atoms with van der Waals surface area (Å²) in [7, 11) is 5.27. The van der Waals surface area contributed by atoms with Crippen LogP contribution in [-0.4, -0.2) is 70.4 Å². The van der Waals surface area contributed by atoms with Crippen molar-refractivity contribution in [2.24, 2.45) is 14.1 Å². The number of halogens is 1. The van der Waals surface area contributed by atoms with Crippen molar-refractivity contribution in [2.75, 3.05) is 13.7 Å². The molecular formula is C30H42IN8O4P. The Balaban J connectivity index is 0.00000216. The van der Waals surface area contributed by atoms with Gasteiger partial charge in [-0.05, 0) is 81.8 Å². The molecule has 5 rings (SSSR count). The lowest BCUT2D eigenvalue weighted by atomic mass is 10.1. The molecule has 2 bridgehead atoms. The first-order valence-corrected chi connectivity index (χ1v) is 18.6. The molecule has 5 heterocycles. The molecular weight excluding hydrogens is 694 g/mol. The summed E-state index contributed by atoms with van der Waals surface area (Å²) in [5.74, 6) is 1.03. The molecule has 1 aliphatic rings. The second kappa shape index (κ2) is 13.4. The third-order valence-corrected chi connectivity index (χ3v) is 8.78. The summed E-state index contributed by atoms with van der Waals surface area (Å²) in [6.45, 7) is 15.9. The van der Waals surface area contributed by atoms with E-state index in [-0.39, 0.29) is 13.1 Å². The molecule has 4 aromatic heterocycles. The molecule has 0 radical (unpaired) electrons. The number of rotatable bonds is 2. The van der Waals surface area contributed by atoms with Gasteiger partial charge in [0, 0.05) is 19.5 Å². The number of aromatic nitrogens is 7. The summed E-state index contributed by atoms with van der Waals surface area (Å²) >= 11 is 2.33. The average Bonchev–Trinajstić information content (AvgIpc) is 3.56. The summed E-state index contributed by atoms with van der Waals surface area (Å²) in [6.07, 6.45) is 3.45. The van der Waals surface area contributed by atoms with Crippen molar-refractivity contribution in [3.8, 4) is 23.0 Å². The highest BCUT2D eigenvalue weighted by molar-refractivity contribution is 14.2. The number of hydrogen-bond donors (Lipinski definition) is 0. The number of carbonyl (C=O) groups excluding carboxylic acids is 1. The number of nitrogens with zero attached hydrogens (tertiary/aromatic N) is 8. The van der Waals surface area contributed by atoms with Gasteiger partial charge < -0.3 is 14.2 Å². The van der Waals surface area contributed by atoms with Gasteiger partial charge in [-0.1, -0.05) is 13.8 Å². The highest BCUT2D eigenvalue weighted by Gasteiger charge is 2.29. The van der Waals surface area contributed by atoms with E-state index in [1.807, 2.05) is 86.1 Å². The van der Waals surface area contributed by atoms with Crippen molar-refractivity contribution in [1.29, 1.82) is 0 Å². The fourth-order valence-corrected chi connectivity index (χ4v) is 6.74. The van der Waals surface area contributed by atoms with Gasteiger partial charge in [0.2, 0.25) is 11.8 Å². The van der Waals surface area contributed by atoms with Crippen LogP contribution in [0.2, 0.25) is 0 Å². The van der Waals surface area contributed by atoms with Crippen LogP contribution >= 0.6 is 28.4 Å². The minimum absolute atomic E-state index is 0.222. The quantitative estimate of drug-likeness (QED) is 0.165. The highest BCUT2D eigenvalue weighted by Crippen LogP contribution is 2.38. The maximum Gasteiger partial charge on any atom is 0.410 e. The molecule has 0 fully saturated rings. The molecule has 4 aromatic rings. The van der Waals surface area contributed by atoms with Gasteiger partial charge in [-0.3, -0.25) is 14.6 Å². The van der Waals surface area contributed by atoms with Gasteiger partial charge in [0.15, 0.2) is 0 Å². The summed E-state index contributed by atoms with van der Waals surface area (Å²) in [5, 5.41) is 15.1. The standard InChI is InChI=1S/C28H36IN8O4P.C2H6/c1-15-13-36(27(38)41-28(4,5)6)14-22-18(25(39-9)33-34(22)7)10-11-20-19-12-21(23-16(2)31-35(8)26(23)40-15)30-17(3)24(19)37(32-20)42-29;1-2/h10-12,15,42H,13-14H2,1-9H3;1-2H3/b11-10+;. The number of carbonyl (C=O) groups is 1. The Morgan fingerprint density at radius 2 is 1.80 bits per heavy atom. The maximum absolute atomic E-state index is 13.5. The van der Waals surface area contributed by atoms with Crippen LogP contribution in [0.1, 0.15) is 69.9 Å². The molecule has 0 spiro atoms. The lowest BCUT2D eigenvalue weighted by Crippen LogP contribution is -2.42. The predicted octanol–water partition coefficient (Wildman–Crippen LogP) is 6.70. The molecule has 2 atom stereocenters. The normalized spacial score (nSPS) is 16.1. The minimum Gasteiger partial charge on any atom is -0.480 e. The lowest BCUT2D eigenvalue weighted by Gasteiger charge is -2.29. The molecule has 0 aromatic carbocycles. The van der Waals surface area contributed by atoms with Crippen molar-refractivity contribution in [3.63, 3.8) is 0 Å². The smallest absolute Gasteiger partial charge is 0.410 e. The van der Waals surface area contributed by atoms with E-state index >= 15 is 0 Å². The van der Waals surface area contributed by atoms with Crippen LogP contribution < -0.4 is 9.47 Å².